The summed E-state index contributed by atoms with van der Waals surface area (Å²) in [6.07, 6.45) is 2.02. The van der Waals surface area contributed by atoms with E-state index in [1.807, 2.05) is 11.0 Å². The zero-order chi connectivity index (χ0) is 20.5. The van der Waals surface area contributed by atoms with E-state index in [9.17, 15) is 14.0 Å². The fourth-order valence-electron chi connectivity index (χ4n) is 4.00. The number of anilines is 1. The van der Waals surface area contributed by atoms with Crippen LogP contribution in [0.3, 0.4) is 0 Å². The van der Waals surface area contributed by atoms with Gasteiger partial charge in [0.1, 0.15) is 11.5 Å². The molecule has 0 spiro atoms. The first-order valence-electron chi connectivity index (χ1n) is 9.63. The van der Waals surface area contributed by atoms with Crippen molar-refractivity contribution in [1.29, 1.82) is 5.26 Å². The highest BCUT2D eigenvalue weighted by molar-refractivity contribution is 6.45. The lowest BCUT2D eigenvalue weighted by molar-refractivity contribution is -0.120. The molecule has 1 unspecified atom stereocenters. The lowest BCUT2D eigenvalue weighted by atomic mass is 9.98. The van der Waals surface area contributed by atoms with E-state index in [4.69, 9.17) is 5.26 Å². The molecular formula is C23H20FN3O2. The minimum Gasteiger partial charge on any atom is -0.366 e. The van der Waals surface area contributed by atoms with Crippen molar-refractivity contribution in [1.82, 2.24) is 4.90 Å². The Balaban J connectivity index is 1.80. The number of halogens is 1. The van der Waals surface area contributed by atoms with E-state index >= 15 is 0 Å². The van der Waals surface area contributed by atoms with E-state index < -0.39 is 11.7 Å². The van der Waals surface area contributed by atoms with Gasteiger partial charge in [-0.3, -0.25) is 9.59 Å². The molecule has 0 aliphatic carbocycles. The van der Waals surface area contributed by atoms with Gasteiger partial charge >= 0.3 is 0 Å². The van der Waals surface area contributed by atoms with Gasteiger partial charge in [0.05, 0.1) is 22.9 Å². The maximum absolute atomic E-state index is 13.4. The average molecular weight is 389 g/mol. The van der Waals surface area contributed by atoms with Gasteiger partial charge < -0.3 is 4.90 Å². The number of benzene rings is 2. The average Bonchev–Trinajstić information content (AvgIpc) is 2.99. The summed E-state index contributed by atoms with van der Waals surface area (Å²) in [5.74, 6) is -0.798. The van der Waals surface area contributed by atoms with Crippen LogP contribution in [0, 0.1) is 23.1 Å². The zero-order valence-corrected chi connectivity index (χ0v) is 16.1. The summed E-state index contributed by atoms with van der Waals surface area (Å²) < 4.78 is 13.4. The molecule has 146 valence electrons. The van der Waals surface area contributed by atoms with Crippen LogP contribution in [0.2, 0.25) is 0 Å². The van der Waals surface area contributed by atoms with Gasteiger partial charge in [-0.2, -0.15) is 5.26 Å². The third-order valence-corrected chi connectivity index (χ3v) is 5.42. The van der Waals surface area contributed by atoms with Crippen LogP contribution in [0.5, 0.6) is 0 Å². The van der Waals surface area contributed by atoms with Crippen LogP contribution in [0.15, 0.2) is 54.2 Å². The second-order valence-electron chi connectivity index (χ2n) is 7.53. The van der Waals surface area contributed by atoms with E-state index in [1.165, 1.54) is 24.3 Å². The smallest absolute Gasteiger partial charge is 0.282 e. The number of hydrogen-bond acceptors (Lipinski definition) is 4. The number of likely N-dealkylation sites (tertiary alicyclic amines) is 1. The molecule has 0 bridgehead atoms. The lowest BCUT2D eigenvalue weighted by Crippen LogP contribution is -2.39. The van der Waals surface area contributed by atoms with Crippen LogP contribution in [0.25, 0.3) is 5.57 Å². The molecule has 0 N–H and O–H groups in total. The Hall–Kier alpha value is -3.46. The van der Waals surface area contributed by atoms with Gasteiger partial charge in [-0.15, -0.1) is 0 Å². The summed E-state index contributed by atoms with van der Waals surface area (Å²) in [6, 6.07) is 14.0. The summed E-state index contributed by atoms with van der Waals surface area (Å²) in [5, 5.41) is 9.00. The normalized spacial score (nSPS) is 19.7. The highest BCUT2D eigenvalue weighted by Crippen LogP contribution is 2.36. The SMILES string of the molecule is CC1CCCN(C2=C(c3ccc(F)cc3)C(=O)N(c3ccc(C#N)cc3)C2=O)C1. The molecule has 2 aliphatic heterocycles. The summed E-state index contributed by atoms with van der Waals surface area (Å²) in [5.41, 5.74) is 2.06. The number of carbonyl (C=O) groups excluding carboxylic acids is 2. The minimum atomic E-state index is -0.431. The molecule has 5 nitrogen and oxygen atoms in total. The highest BCUT2D eigenvalue weighted by Gasteiger charge is 2.43. The Morgan fingerprint density at radius 1 is 1.03 bits per heavy atom. The maximum atomic E-state index is 13.4. The molecule has 0 aromatic heterocycles. The summed E-state index contributed by atoms with van der Waals surface area (Å²) in [6.45, 7) is 3.52. The van der Waals surface area contributed by atoms with Crippen molar-refractivity contribution in [2.24, 2.45) is 5.92 Å². The van der Waals surface area contributed by atoms with E-state index in [-0.39, 0.29) is 5.91 Å². The molecule has 2 amide bonds. The van der Waals surface area contributed by atoms with Crippen molar-refractivity contribution in [2.75, 3.05) is 18.0 Å². The van der Waals surface area contributed by atoms with Gasteiger partial charge in [0, 0.05) is 13.1 Å². The third kappa shape index (κ3) is 3.40. The van der Waals surface area contributed by atoms with Crippen LogP contribution < -0.4 is 4.90 Å². The number of nitrogens with zero attached hydrogens (tertiary/aromatic N) is 3. The van der Waals surface area contributed by atoms with Crippen LogP contribution in [0.4, 0.5) is 10.1 Å². The van der Waals surface area contributed by atoms with Crippen LogP contribution >= 0.6 is 0 Å². The van der Waals surface area contributed by atoms with E-state index in [0.29, 0.717) is 47.1 Å². The molecule has 2 aliphatic rings. The largest absolute Gasteiger partial charge is 0.366 e. The fourth-order valence-corrected chi connectivity index (χ4v) is 4.00. The molecule has 1 fully saturated rings. The third-order valence-electron chi connectivity index (χ3n) is 5.42. The molecular weight excluding hydrogens is 369 g/mol. The predicted molar refractivity (Wildman–Crippen MR) is 107 cm³/mol. The first-order valence-corrected chi connectivity index (χ1v) is 9.63. The number of rotatable bonds is 3. The van der Waals surface area contributed by atoms with Crippen molar-refractivity contribution >= 4 is 23.1 Å². The fraction of sp³-hybridized carbons (Fsp3) is 0.261. The van der Waals surface area contributed by atoms with Gasteiger partial charge in [-0.25, -0.2) is 9.29 Å². The monoisotopic (exact) mass is 389 g/mol. The Morgan fingerprint density at radius 2 is 1.72 bits per heavy atom. The molecule has 2 aromatic rings. The molecule has 4 rings (SSSR count). The zero-order valence-electron chi connectivity index (χ0n) is 16.1. The number of nitriles is 1. The standard InChI is InChI=1S/C23H20FN3O2/c1-15-3-2-12-26(14-15)21-20(17-6-8-18(24)9-7-17)22(28)27(23(21)29)19-10-4-16(13-25)5-11-19/h4-11,15H,2-3,12,14H2,1H3. The number of carbonyl (C=O) groups is 2. The van der Waals surface area contributed by atoms with Gasteiger partial charge in [0.2, 0.25) is 0 Å². The topological polar surface area (TPSA) is 64.4 Å². The number of amides is 2. The predicted octanol–water partition coefficient (Wildman–Crippen LogP) is 3.71. The van der Waals surface area contributed by atoms with Gasteiger partial charge in [0.15, 0.2) is 0 Å². The van der Waals surface area contributed by atoms with Gasteiger partial charge in [0.25, 0.3) is 11.8 Å². The van der Waals surface area contributed by atoms with Crippen LogP contribution in [0.1, 0.15) is 30.9 Å². The Labute approximate surface area is 168 Å². The maximum Gasteiger partial charge on any atom is 0.282 e. The van der Waals surface area contributed by atoms with Crippen molar-refractivity contribution in [3.63, 3.8) is 0 Å². The van der Waals surface area contributed by atoms with Crippen molar-refractivity contribution in [3.8, 4) is 6.07 Å². The Bertz CT molecular complexity index is 1040. The van der Waals surface area contributed by atoms with Crippen LogP contribution in [-0.2, 0) is 9.59 Å². The number of hydrogen-bond donors (Lipinski definition) is 0. The summed E-state index contributed by atoms with van der Waals surface area (Å²) in [7, 11) is 0. The Morgan fingerprint density at radius 3 is 2.34 bits per heavy atom. The second kappa shape index (κ2) is 7.51. The van der Waals surface area contributed by atoms with Gasteiger partial charge in [-0.05, 0) is 60.7 Å². The number of piperidine rings is 1. The highest BCUT2D eigenvalue weighted by atomic mass is 19.1. The first-order chi connectivity index (χ1) is 14.0. The van der Waals surface area contributed by atoms with Crippen LogP contribution in [-0.4, -0.2) is 29.8 Å². The van der Waals surface area contributed by atoms with Gasteiger partial charge in [-0.1, -0.05) is 19.1 Å². The summed E-state index contributed by atoms with van der Waals surface area (Å²) >= 11 is 0. The molecule has 2 heterocycles. The van der Waals surface area contributed by atoms with E-state index in [0.717, 1.165) is 17.7 Å². The van der Waals surface area contributed by atoms with E-state index in [1.54, 1.807) is 24.3 Å². The number of imide groups is 1. The molecule has 6 heteroatoms. The van der Waals surface area contributed by atoms with E-state index in [2.05, 4.69) is 6.92 Å². The minimum absolute atomic E-state index is 0.299. The lowest BCUT2D eigenvalue weighted by Gasteiger charge is -2.33. The molecule has 0 radical (unpaired) electrons. The quantitative estimate of drug-likeness (QED) is 0.751. The van der Waals surface area contributed by atoms with Crippen molar-refractivity contribution in [2.45, 2.75) is 19.8 Å². The van der Waals surface area contributed by atoms with Crippen molar-refractivity contribution < 1.29 is 14.0 Å². The summed E-state index contributed by atoms with van der Waals surface area (Å²) in [4.78, 5) is 29.9. The van der Waals surface area contributed by atoms with Crippen molar-refractivity contribution in [3.05, 3.63) is 71.2 Å². The molecule has 1 atom stereocenters. The molecule has 29 heavy (non-hydrogen) atoms. The molecule has 2 aromatic carbocycles. The molecule has 0 saturated carbocycles. The molecule has 1 saturated heterocycles. The first kappa shape index (κ1) is 18.9. The second-order valence-corrected chi connectivity index (χ2v) is 7.53. The Kier molecular flexibility index (Phi) is 4.89.